The molecule has 0 aromatic carbocycles. The molecule has 2 aromatic heterocycles. The average Bonchev–Trinajstić information content (AvgIpc) is 2.50. The molecule has 112 valence electrons. The SMILES string of the molecule is CCCNc1nc(CC)nc(Sc2ccc(Cl)cn2)c1C. The zero-order valence-electron chi connectivity index (χ0n) is 12.5. The van der Waals surface area contributed by atoms with E-state index in [1.54, 1.807) is 6.20 Å². The lowest BCUT2D eigenvalue weighted by atomic mass is 10.3. The molecular weight excluding hydrogens is 304 g/mol. The van der Waals surface area contributed by atoms with Crippen molar-refractivity contribution in [1.29, 1.82) is 0 Å². The van der Waals surface area contributed by atoms with E-state index in [2.05, 4.69) is 34.1 Å². The minimum Gasteiger partial charge on any atom is -0.370 e. The highest BCUT2D eigenvalue weighted by Crippen LogP contribution is 2.30. The van der Waals surface area contributed by atoms with Crippen molar-refractivity contribution >= 4 is 29.2 Å². The van der Waals surface area contributed by atoms with Crippen molar-refractivity contribution in [2.45, 2.75) is 43.7 Å². The molecule has 0 saturated heterocycles. The molecule has 0 aliphatic rings. The lowest BCUT2D eigenvalue weighted by molar-refractivity contribution is 0.860. The van der Waals surface area contributed by atoms with E-state index in [-0.39, 0.29) is 0 Å². The van der Waals surface area contributed by atoms with Gasteiger partial charge in [0.05, 0.1) is 5.02 Å². The number of anilines is 1. The summed E-state index contributed by atoms with van der Waals surface area (Å²) in [6.07, 6.45) is 3.52. The molecule has 0 aliphatic heterocycles. The Kier molecular flexibility index (Phi) is 5.82. The van der Waals surface area contributed by atoms with E-state index in [1.807, 2.05) is 19.1 Å². The van der Waals surface area contributed by atoms with Crippen molar-refractivity contribution < 1.29 is 0 Å². The second-order valence-corrected chi connectivity index (χ2v) is 6.06. The number of nitrogens with one attached hydrogen (secondary N) is 1. The molecule has 0 aliphatic carbocycles. The summed E-state index contributed by atoms with van der Waals surface area (Å²) in [6.45, 7) is 7.14. The second kappa shape index (κ2) is 7.61. The zero-order chi connectivity index (χ0) is 15.2. The number of hydrogen-bond donors (Lipinski definition) is 1. The molecule has 21 heavy (non-hydrogen) atoms. The minimum absolute atomic E-state index is 0.637. The summed E-state index contributed by atoms with van der Waals surface area (Å²) in [7, 11) is 0. The molecule has 0 fully saturated rings. The molecule has 4 nitrogen and oxygen atoms in total. The highest BCUT2D eigenvalue weighted by atomic mass is 35.5. The van der Waals surface area contributed by atoms with E-state index in [1.165, 1.54) is 11.8 Å². The van der Waals surface area contributed by atoms with Crippen LogP contribution in [0.15, 0.2) is 28.4 Å². The number of pyridine rings is 1. The summed E-state index contributed by atoms with van der Waals surface area (Å²) in [5.41, 5.74) is 1.06. The minimum atomic E-state index is 0.637. The quantitative estimate of drug-likeness (QED) is 0.800. The summed E-state index contributed by atoms with van der Waals surface area (Å²) >= 11 is 7.41. The Morgan fingerprint density at radius 3 is 2.67 bits per heavy atom. The van der Waals surface area contributed by atoms with Crippen LogP contribution in [0.4, 0.5) is 5.82 Å². The van der Waals surface area contributed by atoms with Crippen molar-refractivity contribution in [1.82, 2.24) is 15.0 Å². The lowest BCUT2D eigenvalue weighted by Gasteiger charge is -2.12. The molecule has 0 unspecified atom stereocenters. The Morgan fingerprint density at radius 1 is 1.24 bits per heavy atom. The standard InChI is InChI=1S/C15H19ClN4S/c1-4-8-17-14-10(3)15(20-12(5-2)19-14)21-13-7-6-11(16)9-18-13/h6-7,9H,4-5,8H2,1-3H3,(H,17,19,20). The first-order chi connectivity index (χ1) is 10.1. The van der Waals surface area contributed by atoms with Crippen LogP contribution >= 0.6 is 23.4 Å². The van der Waals surface area contributed by atoms with E-state index in [9.17, 15) is 0 Å². The molecule has 0 atom stereocenters. The Morgan fingerprint density at radius 2 is 2.05 bits per heavy atom. The van der Waals surface area contributed by atoms with Gasteiger partial charge in [-0.2, -0.15) is 0 Å². The maximum Gasteiger partial charge on any atom is 0.133 e. The van der Waals surface area contributed by atoms with Gasteiger partial charge in [-0.1, -0.05) is 25.4 Å². The van der Waals surface area contributed by atoms with Gasteiger partial charge in [0.1, 0.15) is 21.7 Å². The van der Waals surface area contributed by atoms with E-state index in [0.717, 1.165) is 46.6 Å². The third-order valence-electron chi connectivity index (χ3n) is 2.91. The Hall–Kier alpha value is -1.33. The van der Waals surface area contributed by atoms with E-state index >= 15 is 0 Å². The lowest BCUT2D eigenvalue weighted by Crippen LogP contribution is -2.08. The maximum atomic E-state index is 5.87. The number of hydrogen-bond acceptors (Lipinski definition) is 5. The molecular formula is C15H19ClN4S. The van der Waals surface area contributed by atoms with Crippen LogP contribution < -0.4 is 5.32 Å². The van der Waals surface area contributed by atoms with Crippen LogP contribution in [0.3, 0.4) is 0 Å². The summed E-state index contributed by atoms with van der Waals surface area (Å²) in [6, 6.07) is 3.74. The van der Waals surface area contributed by atoms with E-state index < -0.39 is 0 Å². The van der Waals surface area contributed by atoms with Crippen molar-refractivity contribution in [2.75, 3.05) is 11.9 Å². The van der Waals surface area contributed by atoms with Crippen LogP contribution in [-0.2, 0) is 6.42 Å². The molecule has 0 saturated carbocycles. The summed E-state index contributed by atoms with van der Waals surface area (Å²) < 4.78 is 0. The summed E-state index contributed by atoms with van der Waals surface area (Å²) in [5, 5.41) is 5.82. The molecule has 2 heterocycles. The molecule has 2 rings (SSSR count). The van der Waals surface area contributed by atoms with Crippen LogP contribution in [0.5, 0.6) is 0 Å². The van der Waals surface area contributed by atoms with Gasteiger partial charge < -0.3 is 5.32 Å². The molecule has 0 spiro atoms. The fourth-order valence-electron chi connectivity index (χ4n) is 1.73. The van der Waals surface area contributed by atoms with Gasteiger partial charge in [-0.3, -0.25) is 0 Å². The predicted octanol–water partition coefficient (Wildman–Crippen LogP) is 4.37. The average molecular weight is 323 g/mol. The smallest absolute Gasteiger partial charge is 0.133 e. The van der Waals surface area contributed by atoms with Crippen LogP contribution in [0.25, 0.3) is 0 Å². The number of aromatic nitrogens is 3. The van der Waals surface area contributed by atoms with E-state index in [4.69, 9.17) is 11.6 Å². The van der Waals surface area contributed by atoms with Gasteiger partial charge in [-0.15, -0.1) is 0 Å². The summed E-state index contributed by atoms with van der Waals surface area (Å²) in [5.74, 6) is 1.76. The number of nitrogens with zero attached hydrogens (tertiary/aromatic N) is 3. The first-order valence-electron chi connectivity index (χ1n) is 7.04. The van der Waals surface area contributed by atoms with Gasteiger partial charge in [0.15, 0.2) is 0 Å². The van der Waals surface area contributed by atoms with Crippen molar-refractivity contribution in [3.63, 3.8) is 0 Å². The fraction of sp³-hybridized carbons (Fsp3) is 0.400. The van der Waals surface area contributed by atoms with Gasteiger partial charge in [-0.05, 0) is 37.2 Å². The topological polar surface area (TPSA) is 50.7 Å². The maximum absolute atomic E-state index is 5.87. The molecule has 6 heteroatoms. The third kappa shape index (κ3) is 4.32. The number of rotatable bonds is 6. The van der Waals surface area contributed by atoms with Gasteiger partial charge in [0, 0.05) is 24.7 Å². The number of aryl methyl sites for hydroxylation is 1. The highest BCUT2D eigenvalue weighted by molar-refractivity contribution is 7.99. The molecule has 1 N–H and O–H groups in total. The molecule has 2 aromatic rings. The second-order valence-electron chi connectivity index (χ2n) is 4.62. The van der Waals surface area contributed by atoms with Crippen LogP contribution in [0, 0.1) is 6.92 Å². The van der Waals surface area contributed by atoms with Gasteiger partial charge >= 0.3 is 0 Å². The third-order valence-corrected chi connectivity index (χ3v) is 4.17. The van der Waals surface area contributed by atoms with Crippen molar-refractivity contribution in [3.05, 3.63) is 34.7 Å². The molecule has 0 bridgehead atoms. The summed E-state index contributed by atoms with van der Waals surface area (Å²) in [4.78, 5) is 13.5. The van der Waals surface area contributed by atoms with Crippen LogP contribution in [-0.4, -0.2) is 21.5 Å². The normalized spacial score (nSPS) is 10.7. The molecule has 0 radical (unpaired) electrons. The van der Waals surface area contributed by atoms with Crippen molar-refractivity contribution in [2.24, 2.45) is 0 Å². The van der Waals surface area contributed by atoms with Gasteiger partial charge in [0.25, 0.3) is 0 Å². The largest absolute Gasteiger partial charge is 0.370 e. The Balaban J connectivity index is 2.30. The van der Waals surface area contributed by atoms with E-state index in [0.29, 0.717) is 5.02 Å². The fourth-order valence-corrected chi connectivity index (χ4v) is 2.69. The zero-order valence-corrected chi connectivity index (χ0v) is 14.1. The van der Waals surface area contributed by atoms with Crippen LogP contribution in [0.1, 0.15) is 31.7 Å². The molecule has 0 amide bonds. The number of halogens is 1. The van der Waals surface area contributed by atoms with Crippen molar-refractivity contribution in [3.8, 4) is 0 Å². The van der Waals surface area contributed by atoms with Gasteiger partial charge in [0.2, 0.25) is 0 Å². The first kappa shape index (κ1) is 16.0. The Labute approximate surface area is 134 Å². The van der Waals surface area contributed by atoms with Gasteiger partial charge in [-0.25, -0.2) is 15.0 Å². The van der Waals surface area contributed by atoms with Crippen LogP contribution in [0.2, 0.25) is 5.02 Å². The monoisotopic (exact) mass is 322 g/mol. The highest BCUT2D eigenvalue weighted by Gasteiger charge is 2.12. The first-order valence-corrected chi connectivity index (χ1v) is 8.24. The predicted molar refractivity (Wildman–Crippen MR) is 88.3 cm³/mol. The Bertz CT molecular complexity index is 601.